The number of methoxy groups -OCH3 is 1. The van der Waals surface area contributed by atoms with Gasteiger partial charge in [0.05, 0.1) is 19.0 Å². The first kappa shape index (κ1) is 13.8. The van der Waals surface area contributed by atoms with Gasteiger partial charge >= 0.3 is 5.97 Å². The first-order valence-corrected chi connectivity index (χ1v) is 5.89. The van der Waals surface area contributed by atoms with E-state index < -0.39 is 5.97 Å². The minimum Gasteiger partial charge on any atom is -0.465 e. The van der Waals surface area contributed by atoms with Crippen molar-refractivity contribution in [1.29, 1.82) is 0 Å². The summed E-state index contributed by atoms with van der Waals surface area (Å²) in [6.45, 7) is 1.63. The molecule has 6 heteroatoms. The monoisotopic (exact) mass is 275 g/mol. The number of benzene rings is 1. The Balaban J connectivity index is 2.43. The number of nitrogens with zero attached hydrogens (tertiary/aromatic N) is 1. The maximum atomic E-state index is 13.5. The van der Waals surface area contributed by atoms with Crippen LogP contribution in [0.15, 0.2) is 30.5 Å². The van der Waals surface area contributed by atoms with Crippen molar-refractivity contribution < 1.29 is 13.9 Å². The van der Waals surface area contributed by atoms with Crippen molar-refractivity contribution in [3.8, 4) is 0 Å². The molecular weight excluding hydrogens is 261 g/mol. The van der Waals surface area contributed by atoms with E-state index in [1.165, 1.54) is 25.4 Å². The molecule has 1 aromatic carbocycles. The van der Waals surface area contributed by atoms with Gasteiger partial charge in [0.15, 0.2) is 0 Å². The number of anilines is 3. The zero-order chi connectivity index (χ0) is 14.7. The van der Waals surface area contributed by atoms with Crippen molar-refractivity contribution in [3.63, 3.8) is 0 Å². The van der Waals surface area contributed by atoms with Crippen LogP contribution in [-0.4, -0.2) is 18.1 Å². The second-order valence-corrected chi connectivity index (χ2v) is 4.19. The van der Waals surface area contributed by atoms with Crippen molar-refractivity contribution >= 4 is 23.2 Å². The predicted octanol–water partition coefficient (Wildman–Crippen LogP) is 2.64. The number of nitrogens with two attached hydrogens (primary N) is 1. The highest BCUT2D eigenvalue weighted by molar-refractivity contribution is 5.96. The summed E-state index contributed by atoms with van der Waals surface area (Å²) in [6, 6.07) is 6.07. The molecule has 0 amide bonds. The fourth-order valence-electron chi connectivity index (χ4n) is 1.72. The van der Waals surface area contributed by atoms with Gasteiger partial charge in [-0.2, -0.15) is 0 Å². The smallest absolute Gasteiger partial charge is 0.341 e. The topological polar surface area (TPSA) is 77.2 Å². The van der Waals surface area contributed by atoms with E-state index in [1.807, 2.05) is 0 Å². The van der Waals surface area contributed by atoms with Crippen molar-refractivity contribution in [2.45, 2.75) is 6.92 Å². The number of nitrogens with one attached hydrogen (secondary N) is 1. The van der Waals surface area contributed by atoms with Crippen LogP contribution in [0.5, 0.6) is 0 Å². The number of esters is 1. The molecule has 0 radical (unpaired) electrons. The van der Waals surface area contributed by atoms with E-state index in [-0.39, 0.29) is 17.2 Å². The number of halogens is 1. The number of aromatic nitrogens is 1. The highest BCUT2D eigenvalue weighted by Gasteiger charge is 2.15. The molecule has 104 valence electrons. The van der Waals surface area contributed by atoms with Gasteiger partial charge in [-0.25, -0.2) is 14.2 Å². The third kappa shape index (κ3) is 2.69. The van der Waals surface area contributed by atoms with E-state index in [1.54, 1.807) is 19.1 Å². The Bertz CT molecular complexity index is 659. The molecular formula is C14H14FN3O2. The zero-order valence-corrected chi connectivity index (χ0v) is 11.1. The van der Waals surface area contributed by atoms with E-state index in [2.05, 4.69) is 15.0 Å². The molecule has 0 unspecified atom stereocenters. The van der Waals surface area contributed by atoms with Crippen molar-refractivity contribution in [1.82, 2.24) is 4.98 Å². The molecule has 0 saturated heterocycles. The van der Waals surface area contributed by atoms with Crippen LogP contribution in [-0.2, 0) is 4.74 Å². The Morgan fingerprint density at radius 1 is 1.45 bits per heavy atom. The number of ether oxygens (including phenoxy) is 1. The largest absolute Gasteiger partial charge is 0.465 e. The molecule has 0 aliphatic heterocycles. The fourth-order valence-corrected chi connectivity index (χ4v) is 1.72. The van der Waals surface area contributed by atoms with Crippen molar-refractivity contribution in [2.24, 2.45) is 0 Å². The van der Waals surface area contributed by atoms with Gasteiger partial charge in [0.25, 0.3) is 0 Å². The van der Waals surface area contributed by atoms with Crippen LogP contribution in [0.3, 0.4) is 0 Å². The van der Waals surface area contributed by atoms with Crippen LogP contribution in [0.2, 0.25) is 0 Å². The number of pyridine rings is 1. The molecule has 5 nitrogen and oxygen atoms in total. The quantitative estimate of drug-likeness (QED) is 0.842. The molecule has 1 heterocycles. The Hall–Kier alpha value is -2.63. The number of nitrogen functional groups attached to an aromatic ring is 1. The molecule has 0 atom stereocenters. The Morgan fingerprint density at radius 3 is 2.90 bits per heavy atom. The van der Waals surface area contributed by atoms with E-state index in [4.69, 9.17) is 5.73 Å². The summed E-state index contributed by atoms with van der Waals surface area (Å²) in [5, 5.41) is 2.92. The summed E-state index contributed by atoms with van der Waals surface area (Å²) in [5.41, 5.74) is 7.09. The molecule has 20 heavy (non-hydrogen) atoms. The number of hydrogen-bond acceptors (Lipinski definition) is 5. The normalized spacial score (nSPS) is 10.2. The lowest BCUT2D eigenvalue weighted by atomic mass is 10.1. The van der Waals surface area contributed by atoms with Crippen LogP contribution >= 0.6 is 0 Å². The fraction of sp³-hybridized carbons (Fsp3) is 0.143. The van der Waals surface area contributed by atoms with Crippen molar-refractivity contribution in [3.05, 3.63) is 47.4 Å². The molecule has 0 bridgehead atoms. The summed E-state index contributed by atoms with van der Waals surface area (Å²) in [6.07, 6.45) is 1.41. The first-order chi connectivity index (χ1) is 9.52. The Kier molecular flexibility index (Phi) is 3.84. The maximum absolute atomic E-state index is 13.5. The average molecular weight is 275 g/mol. The predicted molar refractivity (Wildman–Crippen MR) is 74.4 cm³/mol. The lowest BCUT2D eigenvalue weighted by Crippen LogP contribution is -2.09. The molecule has 2 aromatic rings. The summed E-state index contributed by atoms with van der Waals surface area (Å²) in [5.74, 6) is -0.647. The third-order valence-corrected chi connectivity index (χ3v) is 2.83. The SMILES string of the molecule is COC(=O)c1cc(N)cnc1Nc1cccc(F)c1C. The molecule has 0 spiro atoms. The van der Waals surface area contributed by atoms with Gasteiger partial charge in [0, 0.05) is 11.3 Å². The van der Waals surface area contributed by atoms with E-state index in [9.17, 15) is 9.18 Å². The standard InChI is InChI=1S/C14H14FN3O2/c1-8-11(15)4-3-5-12(8)18-13-10(14(19)20-2)6-9(16)7-17-13/h3-7H,16H2,1-2H3,(H,17,18). The third-order valence-electron chi connectivity index (χ3n) is 2.83. The molecule has 0 fully saturated rings. The minimum absolute atomic E-state index is 0.191. The summed E-state index contributed by atoms with van der Waals surface area (Å²) >= 11 is 0. The van der Waals surface area contributed by atoms with Crippen LogP contribution in [0.1, 0.15) is 15.9 Å². The second kappa shape index (κ2) is 5.56. The Labute approximate surface area is 115 Å². The highest BCUT2D eigenvalue weighted by Crippen LogP contribution is 2.24. The van der Waals surface area contributed by atoms with E-state index in [0.29, 0.717) is 16.9 Å². The Morgan fingerprint density at radius 2 is 2.20 bits per heavy atom. The number of hydrogen-bond donors (Lipinski definition) is 2. The van der Waals surface area contributed by atoms with Gasteiger partial charge in [0.1, 0.15) is 17.2 Å². The molecule has 3 N–H and O–H groups in total. The number of carbonyl (C=O) groups is 1. The van der Waals surface area contributed by atoms with Gasteiger partial charge in [-0.3, -0.25) is 0 Å². The zero-order valence-electron chi connectivity index (χ0n) is 11.1. The lowest BCUT2D eigenvalue weighted by molar-refractivity contribution is 0.0601. The summed E-state index contributed by atoms with van der Waals surface area (Å²) < 4.78 is 18.2. The first-order valence-electron chi connectivity index (χ1n) is 5.89. The van der Waals surface area contributed by atoms with Gasteiger partial charge in [-0.05, 0) is 25.1 Å². The minimum atomic E-state index is -0.568. The van der Waals surface area contributed by atoms with Gasteiger partial charge in [0.2, 0.25) is 0 Å². The molecule has 1 aromatic heterocycles. The van der Waals surface area contributed by atoms with E-state index >= 15 is 0 Å². The summed E-state index contributed by atoms with van der Waals surface area (Å²) in [4.78, 5) is 15.8. The number of rotatable bonds is 3. The van der Waals surface area contributed by atoms with Gasteiger partial charge < -0.3 is 15.8 Å². The molecule has 0 aliphatic carbocycles. The lowest BCUT2D eigenvalue weighted by Gasteiger charge is -2.12. The molecule has 0 aliphatic rings. The van der Waals surface area contributed by atoms with E-state index in [0.717, 1.165) is 0 Å². The maximum Gasteiger partial charge on any atom is 0.341 e. The van der Waals surface area contributed by atoms with Crippen LogP contribution in [0.25, 0.3) is 0 Å². The van der Waals surface area contributed by atoms with Crippen LogP contribution in [0.4, 0.5) is 21.6 Å². The number of carbonyl (C=O) groups excluding carboxylic acids is 1. The molecule has 2 rings (SSSR count). The highest BCUT2D eigenvalue weighted by atomic mass is 19.1. The summed E-state index contributed by atoms with van der Waals surface area (Å²) in [7, 11) is 1.27. The average Bonchev–Trinajstić information content (AvgIpc) is 2.44. The van der Waals surface area contributed by atoms with Gasteiger partial charge in [-0.1, -0.05) is 6.07 Å². The van der Waals surface area contributed by atoms with Gasteiger partial charge in [-0.15, -0.1) is 0 Å². The van der Waals surface area contributed by atoms with Crippen molar-refractivity contribution in [2.75, 3.05) is 18.2 Å². The van der Waals surface area contributed by atoms with Crippen LogP contribution < -0.4 is 11.1 Å². The van der Waals surface area contributed by atoms with Crippen LogP contribution in [0, 0.1) is 12.7 Å². The second-order valence-electron chi connectivity index (χ2n) is 4.19. The molecule has 0 saturated carbocycles.